The molecule has 148 valence electrons. The third kappa shape index (κ3) is 3.91. The summed E-state index contributed by atoms with van der Waals surface area (Å²) in [6, 6.07) is 6.96. The average Bonchev–Trinajstić information content (AvgIpc) is 3.31. The molecule has 0 aliphatic carbocycles. The number of rotatable bonds is 7. The van der Waals surface area contributed by atoms with Gasteiger partial charge in [-0.1, -0.05) is 0 Å². The van der Waals surface area contributed by atoms with Crippen LogP contribution in [0.5, 0.6) is 11.5 Å². The fourth-order valence-corrected chi connectivity index (χ4v) is 3.53. The number of benzene rings is 1. The van der Waals surface area contributed by atoms with Crippen LogP contribution in [0.4, 0.5) is 0 Å². The monoisotopic (exact) mass is 403 g/mol. The summed E-state index contributed by atoms with van der Waals surface area (Å²) in [6.07, 6.45) is 0. The highest BCUT2D eigenvalue weighted by Gasteiger charge is 2.18. The Morgan fingerprint density at radius 3 is 2.61 bits per heavy atom. The number of carbonyl (C=O) groups is 1. The molecule has 2 heterocycles. The van der Waals surface area contributed by atoms with Crippen molar-refractivity contribution in [1.82, 2.24) is 25.1 Å². The molecule has 1 amide bonds. The van der Waals surface area contributed by atoms with Crippen molar-refractivity contribution in [2.45, 2.75) is 26.4 Å². The first-order valence-electron chi connectivity index (χ1n) is 8.53. The Kier molecular flexibility index (Phi) is 5.78. The summed E-state index contributed by atoms with van der Waals surface area (Å²) in [5.74, 6) is 0.861. The topological polar surface area (TPSA) is 100 Å². The van der Waals surface area contributed by atoms with Crippen LogP contribution in [-0.2, 0) is 11.3 Å². The molecule has 0 bridgehead atoms. The zero-order valence-corrected chi connectivity index (χ0v) is 16.8. The van der Waals surface area contributed by atoms with Gasteiger partial charge < -0.3 is 14.8 Å². The van der Waals surface area contributed by atoms with Crippen LogP contribution >= 0.6 is 11.3 Å². The van der Waals surface area contributed by atoms with Gasteiger partial charge in [0.1, 0.15) is 11.5 Å². The van der Waals surface area contributed by atoms with Gasteiger partial charge in [0.25, 0.3) is 0 Å². The van der Waals surface area contributed by atoms with Crippen molar-refractivity contribution in [3.63, 3.8) is 0 Å². The lowest BCUT2D eigenvalue weighted by atomic mass is 10.0. The van der Waals surface area contributed by atoms with Gasteiger partial charge in [-0.05, 0) is 65.0 Å². The number of hydrogen-bond donors (Lipinski definition) is 1. The zero-order valence-electron chi connectivity index (χ0n) is 16.0. The van der Waals surface area contributed by atoms with Crippen molar-refractivity contribution in [3.8, 4) is 16.5 Å². The summed E-state index contributed by atoms with van der Waals surface area (Å²) in [7, 11) is 3.13. The lowest BCUT2D eigenvalue weighted by Gasteiger charge is -2.19. The van der Waals surface area contributed by atoms with Crippen LogP contribution in [0.2, 0.25) is 0 Å². The van der Waals surface area contributed by atoms with Crippen LogP contribution in [0.15, 0.2) is 34.4 Å². The number of aryl methyl sites for hydroxylation is 1. The van der Waals surface area contributed by atoms with E-state index in [9.17, 15) is 9.59 Å². The first kappa shape index (κ1) is 19.6. The van der Waals surface area contributed by atoms with E-state index in [0.29, 0.717) is 16.5 Å². The number of methoxy groups -OCH3 is 2. The molecule has 3 aromatic rings. The number of nitrogens with zero attached hydrogens (tertiary/aromatic N) is 4. The predicted molar refractivity (Wildman–Crippen MR) is 104 cm³/mol. The first-order chi connectivity index (χ1) is 13.4. The third-order valence-electron chi connectivity index (χ3n) is 4.26. The van der Waals surface area contributed by atoms with Gasteiger partial charge in [0, 0.05) is 0 Å². The number of aromatic nitrogens is 4. The van der Waals surface area contributed by atoms with Gasteiger partial charge in [0.15, 0.2) is 11.5 Å². The third-order valence-corrected chi connectivity index (χ3v) is 5.11. The minimum absolute atomic E-state index is 0.221. The van der Waals surface area contributed by atoms with Crippen LogP contribution in [0.1, 0.15) is 24.1 Å². The highest BCUT2D eigenvalue weighted by molar-refractivity contribution is 7.12. The number of ether oxygens (including phenoxy) is 2. The predicted octanol–water partition coefficient (Wildman–Crippen LogP) is 1.69. The summed E-state index contributed by atoms with van der Waals surface area (Å²) in [6.45, 7) is 3.56. The number of tetrazole rings is 1. The quantitative estimate of drug-likeness (QED) is 0.644. The standard InChI is InChI=1S/C18H21N5O4S/c1-11-8-14(26-3)15(27-4)9-13(11)12(2)19-16(24)10-22-18(25)23(21-20-22)17-6-5-7-28-17/h5-9,12H,10H2,1-4H3,(H,19,24). The number of thiophene rings is 1. The number of carbonyl (C=O) groups excluding carboxylic acids is 1. The second kappa shape index (κ2) is 8.26. The maximum Gasteiger partial charge on any atom is 0.369 e. The molecule has 0 saturated carbocycles. The van der Waals surface area contributed by atoms with E-state index >= 15 is 0 Å². The zero-order chi connectivity index (χ0) is 20.3. The average molecular weight is 403 g/mol. The molecule has 1 atom stereocenters. The Morgan fingerprint density at radius 2 is 1.96 bits per heavy atom. The van der Waals surface area contributed by atoms with Gasteiger partial charge >= 0.3 is 5.69 Å². The molecule has 0 aliphatic rings. The fraction of sp³-hybridized carbons (Fsp3) is 0.333. The normalized spacial score (nSPS) is 11.9. The van der Waals surface area contributed by atoms with Crippen LogP contribution in [-0.4, -0.2) is 39.9 Å². The number of hydrogen-bond acceptors (Lipinski definition) is 7. The summed E-state index contributed by atoms with van der Waals surface area (Å²) >= 11 is 1.36. The minimum atomic E-state index is -0.465. The van der Waals surface area contributed by atoms with Crippen molar-refractivity contribution in [1.29, 1.82) is 0 Å². The maximum atomic E-state index is 12.4. The lowest BCUT2D eigenvalue weighted by Crippen LogP contribution is -2.34. The summed E-state index contributed by atoms with van der Waals surface area (Å²) < 4.78 is 12.8. The van der Waals surface area contributed by atoms with E-state index in [1.165, 1.54) is 16.0 Å². The van der Waals surface area contributed by atoms with Gasteiger partial charge in [-0.2, -0.15) is 9.36 Å². The molecule has 9 nitrogen and oxygen atoms in total. The van der Waals surface area contributed by atoms with Crippen molar-refractivity contribution in [2.75, 3.05) is 14.2 Å². The van der Waals surface area contributed by atoms with Crippen LogP contribution in [0.25, 0.3) is 5.00 Å². The SMILES string of the molecule is COc1cc(C)c(C(C)NC(=O)Cn2nnn(-c3cccs3)c2=O)cc1OC. The van der Waals surface area contributed by atoms with Crippen molar-refractivity contribution in [2.24, 2.45) is 0 Å². The molecular formula is C18H21N5O4S. The van der Waals surface area contributed by atoms with Crippen molar-refractivity contribution >= 4 is 17.2 Å². The van der Waals surface area contributed by atoms with Crippen molar-refractivity contribution < 1.29 is 14.3 Å². The van der Waals surface area contributed by atoms with E-state index in [1.807, 2.05) is 37.4 Å². The maximum absolute atomic E-state index is 12.4. The molecule has 3 rings (SSSR count). The van der Waals surface area contributed by atoms with E-state index < -0.39 is 5.69 Å². The lowest BCUT2D eigenvalue weighted by molar-refractivity contribution is -0.122. The van der Waals surface area contributed by atoms with Gasteiger partial charge in [0.05, 0.1) is 20.3 Å². The number of amides is 1. The molecule has 1 aromatic carbocycles. The molecule has 2 aromatic heterocycles. The largest absolute Gasteiger partial charge is 0.493 e. The molecule has 0 radical (unpaired) electrons. The smallest absolute Gasteiger partial charge is 0.369 e. The number of nitrogens with one attached hydrogen (secondary N) is 1. The van der Waals surface area contributed by atoms with E-state index in [-0.39, 0.29) is 18.5 Å². The first-order valence-corrected chi connectivity index (χ1v) is 9.41. The van der Waals surface area contributed by atoms with Gasteiger partial charge in [0.2, 0.25) is 5.91 Å². The summed E-state index contributed by atoms with van der Waals surface area (Å²) in [5, 5.41) is 13.0. The Hall–Kier alpha value is -3.14. The molecular weight excluding hydrogens is 382 g/mol. The van der Waals surface area contributed by atoms with E-state index in [2.05, 4.69) is 15.7 Å². The molecule has 28 heavy (non-hydrogen) atoms. The van der Waals surface area contributed by atoms with Crippen molar-refractivity contribution in [3.05, 3.63) is 51.3 Å². The molecule has 10 heteroatoms. The van der Waals surface area contributed by atoms with Crippen LogP contribution in [0.3, 0.4) is 0 Å². The Balaban J connectivity index is 1.73. The minimum Gasteiger partial charge on any atom is -0.493 e. The Morgan fingerprint density at radius 1 is 1.25 bits per heavy atom. The molecule has 0 saturated heterocycles. The molecule has 0 fully saturated rings. The van der Waals surface area contributed by atoms with E-state index in [4.69, 9.17) is 9.47 Å². The second-order valence-electron chi connectivity index (χ2n) is 6.14. The molecule has 1 unspecified atom stereocenters. The Bertz CT molecular complexity index is 1030. The fourth-order valence-electron chi connectivity index (χ4n) is 2.87. The molecule has 1 N–H and O–H groups in total. The van der Waals surface area contributed by atoms with Gasteiger partial charge in [-0.15, -0.1) is 11.3 Å². The Labute approximate surface area is 165 Å². The molecule has 0 aliphatic heterocycles. The summed E-state index contributed by atoms with van der Waals surface area (Å²) in [5.41, 5.74) is 1.37. The van der Waals surface area contributed by atoms with Gasteiger partial charge in [-0.3, -0.25) is 4.79 Å². The highest BCUT2D eigenvalue weighted by Crippen LogP contribution is 2.32. The van der Waals surface area contributed by atoms with E-state index in [1.54, 1.807) is 20.3 Å². The highest BCUT2D eigenvalue weighted by atomic mass is 32.1. The van der Waals surface area contributed by atoms with E-state index in [0.717, 1.165) is 15.8 Å². The van der Waals surface area contributed by atoms with Crippen LogP contribution in [0, 0.1) is 6.92 Å². The summed E-state index contributed by atoms with van der Waals surface area (Å²) in [4.78, 5) is 24.8. The second-order valence-corrected chi connectivity index (χ2v) is 7.06. The van der Waals surface area contributed by atoms with Crippen LogP contribution < -0.4 is 20.5 Å². The molecule has 0 spiro atoms. The van der Waals surface area contributed by atoms with Gasteiger partial charge in [-0.25, -0.2) is 4.79 Å².